The van der Waals surface area contributed by atoms with Crippen LogP contribution in [0.5, 0.6) is 28.7 Å². The van der Waals surface area contributed by atoms with Crippen LogP contribution in [0.25, 0.3) is 0 Å². The Hall–Kier alpha value is -8.08. The molecule has 1 atom stereocenters. The SMILES string of the molecule is O=C(NCCCCC(NC(=O)Oc1ccccc1)C(=O)OCC(CNC(=O)Oc1ccccc1)(CNC(=O)Oc1ccccc1)CNC(=O)Oc1ccccc1)Oc1ccccc1. The molecule has 0 radical (unpaired) electrons. The maximum absolute atomic E-state index is 14.0. The normalized spacial score (nSPS) is 11.0. The fourth-order valence-corrected chi connectivity index (χ4v) is 5.65. The van der Waals surface area contributed by atoms with Crippen molar-refractivity contribution >= 4 is 36.4 Å². The van der Waals surface area contributed by atoms with E-state index in [0.29, 0.717) is 18.6 Å². The maximum atomic E-state index is 14.0. The number of carbonyl (C=O) groups excluding carboxylic acids is 6. The highest BCUT2D eigenvalue weighted by atomic mass is 16.6. The van der Waals surface area contributed by atoms with Crippen molar-refractivity contribution in [3.05, 3.63) is 152 Å². The molecule has 5 aromatic carbocycles. The Balaban J connectivity index is 1.32. The van der Waals surface area contributed by atoms with Gasteiger partial charge in [0.05, 0.1) is 5.41 Å². The van der Waals surface area contributed by atoms with Crippen LogP contribution in [0.15, 0.2) is 152 Å². The van der Waals surface area contributed by atoms with Crippen LogP contribution < -0.4 is 50.3 Å². The molecule has 0 aliphatic carbocycles. The molecule has 63 heavy (non-hydrogen) atoms. The molecule has 17 nitrogen and oxygen atoms in total. The minimum absolute atomic E-state index is 0.0378. The summed E-state index contributed by atoms with van der Waals surface area (Å²) >= 11 is 0. The average molecular weight is 862 g/mol. The van der Waals surface area contributed by atoms with Crippen LogP contribution in [0.4, 0.5) is 24.0 Å². The lowest BCUT2D eigenvalue weighted by Crippen LogP contribution is -2.55. The van der Waals surface area contributed by atoms with E-state index < -0.39 is 54.5 Å². The average Bonchev–Trinajstić information content (AvgIpc) is 3.29. The third-order valence-electron chi connectivity index (χ3n) is 8.88. The summed E-state index contributed by atoms with van der Waals surface area (Å²) in [6.07, 6.45) is -3.55. The van der Waals surface area contributed by atoms with Crippen LogP contribution in [0.3, 0.4) is 0 Å². The number of benzene rings is 5. The van der Waals surface area contributed by atoms with Crippen molar-refractivity contribution in [2.75, 3.05) is 32.8 Å². The number of nitrogens with one attached hydrogen (secondary N) is 5. The highest BCUT2D eigenvalue weighted by Crippen LogP contribution is 2.20. The largest absolute Gasteiger partial charge is 0.463 e. The molecule has 0 aromatic heterocycles. The third-order valence-corrected chi connectivity index (χ3v) is 8.88. The molecule has 0 heterocycles. The second-order valence-electron chi connectivity index (χ2n) is 13.8. The Morgan fingerprint density at radius 3 is 1.08 bits per heavy atom. The van der Waals surface area contributed by atoms with Gasteiger partial charge < -0.3 is 55.0 Å². The van der Waals surface area contributed by atoms with Gasteiger partial charge in [-0.3, -0.25) is 0 Å². The molecule has 1 unspecified atom stereocenters. The van der Waals surface area contributed by atoms with E-state index in [1.165, 1.54) is 0 Å². The lowest BCUT2D eigenvalue weighted by Gasteiger charge is -2.34. The van der Waals surface area contributed by atoms with Gasteiger partial charge in [0.25, 0.3) is 0 Å². The molecule has 0 saturated carbocycles. The fraction of sp³-hybridized carbons (Fsp3) is 0.217. The minimum atomic E-state index is -1.51. The summed E-state index contributed by atoms with van der Waals surface area (Å²) < 4.78 is 32.7. The van der Waals surface area contributed by atoms with Crippen molar-refractivity contribution in [2.45, 2.75) is 25.3 Å². The van der Waals surface area contributed by atoms with Crippen molar-refractivity contribution in [3.8, 4) is 28.7 Å². The van der Waals surface area contributed by atoms with Crippen LogP contribution in [0.2, 0.25) is 0 Å². The molecule has 0 aliphatic heterocycles. The zero-order valence-corrected chi connectivity index (χ0v) is 34.1. The van der Waals surface area contributed by atoms with Crippen molar-refractivity contribution in [3.63, 3.8) is 0 Å². The van der Waals surface area contributed by atoms with Gasteiger partial charge in [-0.15, -0.1) is 0 Å². The van der Waals surface area contributed by atoms with Gasteiger partial charge in [0, 0.05) is 26.2 Å². The van der Waals surface area contributed by atoms with Gasteiger partial charge in [-0.2, -0.15) is 0 Å². The van der Waals surface area contributed by atoms with Crippen molar-refractivity contribution in [1.82, 2.24) is 26.6 Å². The van der Waals surface area contributed by atoms with E-state index in [-0.39, 0.29) is 55.6 Å². The molecular formula is C46H47N5O12. The van der Waals surface area contributed by atoms with E-state index in [1.807, 2.05) is 0 Å². The van der Waals surface area contributed by atoms with Gasteiger partial charge in [0.15, 0.2) is 0 Å². The Labute approximate surface area is 363 Å². The van der Waals surface area contributed by atoms with Crippen LogP contribution >= 0.6 is 0 Å². The van der Waals surface area contributed by atoms with Crippen molar-refractivity contribution in [2.24, 2.45) is 5.41 Å². The number of hydrogen-bond donors (Lipinski definition) is 5. The maximum Gasteiger partial charge on any atom is 0.413 e. The molecule has 0 bridgehead atoms. The monoisotopic (exact) mass is 861 g/mol. The summed E-state index contributed by atoms with van der Waals surface area (Å²) in [6, 6.07) is 40.1. The lowest BCUT2D eigenvalue weighted by atomic mass is 9.88. The number of rotatable bonds is 20. The Morgan fingerprint density at radius 1 is 0.413 bits per heavy atom. The summed E-state index contributed by atoms with van der Waals surface area (Å²) in [5.74, 6) is 0.385. The number of unbranched alkanes of at least 4 members (excludes halogenated alkanes) is 1. The summed E-state index contributed by atoms with van der Waals surface area (Å²) in [5.41, 5.74) is -1.51. The van der Waals surface area contributed by atoms with Gasteiger partial charge in [-0.25, -0.2) is 28.8 Å². The van der Waals surface area contributed by atoms with Gasteiger partial charge in [0.2, 0.25) is 0 Å². The summed E-state index contributed by atoms with van der Waals surface area (Å²) in [4.78, 5) is 78.6. The molecule has 0 aliphatic rings. The highest BCUT2D eigenvalue weighted by Gasteiger charge is 2.36. The van der Waals surface area contributed by atoms with E-state index in [2.05, 4.69) is 26.6 Å². The minimum Gasteiger partial charge on any atom is -0.463 e. The third kappa shape index (κ3) is 17.2. The zero-order chi connectivity index (χ0) is 44.5. The van der Waals surface area contributed by atoms with E-state index in [4.69, 9.17) is 28.4 Å². The zero-order valence-electron chi connectivity index (χ0n) is 34.1. The smallest absolute Gasteiger partial charge is 0.413 e. The summed E-state index contributed by atoms with van der Waals surface area (Å²) in [6.45, 7) is -1.40. The molecule has 328 valence electrons. The van der Waals surface area contributed by atoms with Crippen LogP contribution in [0, 0.1) is 5.41 Å². The van der Waals surface area contributed by atoms with E-state index >= 15 is 0 Å². The van der Waals surface area contributed by atoms with Gasteiger partial charge in [-0.1, -0.05) is 91.0 Å². The first kappa shape index (κ1) is 46.0. The quantitative estimate of drug-likeness (QED) is 0.0395. The number of amides is 5. The first-order chi connectivity index (χ1) is 30.6. The Kier molecular flexibility index (Phi) is 18.2. The molecule has 5 rings (SSSR count). The van der Waals surface area contributed by atoms with E-state index in [0.717, 1.165) is 0 Å². The van der Waals surface area contributed by atoms with Crippen molar-refractivity contribution < 1.29 is 57.2 Å². The Bertz CT molecular complexity index is 2060. The van der Waals surface area contributed by atoms with Crippen LogP contribution in [-0.2, 0) is 9.53 Å². The van der Waals surface area contributed by atoms with Crippen LogP contribution in [-0.4, -0.2) is 75.3 Å². The number of para-hydroxylation sites is 5. The number of ether oxygens (including phenoxy) is 6. The molecular weight excluding hydrogens is 815 g/mol. The summed E-state index contributed by atoms with van der Waals surface area (Å²) in [5, 5.41) is 13.1. The van der Waals surface area contributed by atoms with Gasteiger partial charge in [-0.05, 0) is 79.9 Å². The molecule has 5 N–H and O–H groups in total. The van der Waals surface area contributed by atoms with E-state index in [9.17, 15) is 28.8 Å². The highest BCUT2D eigenvalue weighted by molar-refractivity contribution is 5.82. The van der Waals surface area contributed by atoms with Gasteiger partial charge in [0.1, 0.15) is 41.4 Å². The fourth-order valence-electron chi connectivity index (χ4n) is 5.65. The van der Waals surface area contributed by atoms with E-state index in [1.54, 1.807) is 152 Å². The first-order valence-electron chi connectivity index (χ1n) is 19.9. The second-order valence-corrected chi connectivity index (χ2v) is 13.8. The molecule has 17 heteroatoms. The van der Waals surface area contributed by atoms with Gasteiger partial charge >= 0.3 is 36.4 Å². The predicted molar refractivity (Wildman–Crippen MR) is 229 cm³/mol. The molecule has 0 saturated heterocycles. The standard InChI is InChI=1S/C46H47N5O12/c52-40(39(51-45(57)63-38-26-14-5-15-27-38)28-16-17-29-47-41(53)59-34-18-6-1-7-19-34)58-33-46(30-48-42(54)60-35-20-8-2-9-21-35,31-49-43(55)61-36-22-10-3-11-23-36)32-50-44(56)62-37-24-12-4-13-25-37/h1-15,18-27,39H,16-17,28-33H2,(H,47,53)(H,48,54)(H,49,55)(H,50,56)(H,51,57). The number of carbonyl (C=O) groups is 6. The second kappa shape index (κ2) is 24.9. The predicted octanol–water partition coefficient (Wildman–Crippen LogP) is 7.00. The van der Waals surface area contributed by atoms with Crippen LogP contribution in [0.1, 0.15) is 19.3 Å². The number of esters is 1. The topological polar surface area (TPSA) is 218 Å². The Morgan fingerprint density at radius 2 is 0.730 bits per heavy atom. The number of hydrogen-bond acceptors (Lipinski definition) is 12. The summed E-state index contributed by atoms with van der Waals surface area (Å²) in [7, 11) is 0. The van der Waals surface area contributed by atoms with Crippen molar-refractivity contribution in [1.29, 1.82) is 0 Å². The molecule has 5 amide bonds. The molecule has 5 aromatic rings. The first-order valence-corrected chi connectivity index (χ1v) is 19.9. The molecule has 0 fully saturated rings. The lowest BCUT2D eigenvalue weighted by molar-refractivity contribution is -0.149. The molecule has 0 spiro atoms.